The molecular formula is C19H28N2. The van der Waals surface area contributed by atoms with E-state index in [2.05, 4.69) is 75.3 Å². The Bertz CT molecular complexity index is 584. The van der Waals surface area contributed by atoms with Crippen LogP contribution in [0.15, 0.2) is 42.5 Å². The molecule has 2 N–H and O–H groups in total. The van der Waals surface area contributed by atoms with E-state index < -0.39 is 0 Å². The summed E-state index contributed by atoms with van der Waals surface area (Å²) < 4.78 is 0. The molecule has 1 unspecified atom stereocenters. The molecule has 0 amide bonds. The van der Waals surface area contributed by atoms with Gasteiger partial charge in [0, 0.05) is 12.0 Å². The molecule has 21 heavy (non-hydrogen) atoms. The first-order valence-electron chi connectivity index (χ1n) is 7.84. The lowest BCUT2D eigenvalue weighted by atomic mass is 9.67. The first-order chi connectivity index (χ1) is 10.0. The smallest absolute Gasteiger partial charge is 0.0121 e. The highest BCUT2D eigenvalue weighted by atomic mass is 15.1. The first-order valence-corrected chi connectivity index (χ1v) is 7.84. The quantitative estimate of drug-likeness (QED) is 0.877. The van der Waals surface area contributed by atoms with E-state index in [1.165, 1.54) is 16.3 Å². The molecule has 0 spiro atoms. The van der Waals surface area contributed by atoms with Crippen molar-refractivity contribution in [3.63, 3.8) is 0 Å². The maximum absolute atomic E-state index is 5.99. The summed E-state index contributed by atoms with van der Waals surface area (Å²) >= 11 is 0. The summed E-state index contributed by atoms with van der Waals surface area (Å²) in [4.78, 5) is 2.29. The molecule has 2 aromatic rings. The minimum Gasteiger partial charge on any atom is -0.330 e. The van der Waals surface area contributed by atoms with Crippen molar-refractivity contribution in [3.05, 3.63) is 48.0 Å². The lowest BCUT2D eigenvalue weighted by Gasteiger charge is -2.41. The predicted molar refractivity (Wildman–Crippen MR) is 92.7 cm³/mol. The van der Waals surface area contributed by atoms with Crippen LogP contribution < -0.4 is 5.73 Å². The Balaban J connectivity index is 2.67. The van der Waals surface area contributed by atoms with Gasteiger partial charge in [0.1, 0.15) is 0 Å². The van der Waals surface area contributed by atoms with Crippen molar-refractivity contribution in [3.8, 4) is 0 Å². The SMILES string of the molecule is CC(C)C(CCN)(CN(C)C)c1cccc2ccccc12. The van der Waals surface area contributed by atoms with Crippen LogP contribution in [0.4, 0.5) is 0 Å². The number of hydrogen-bond donors (Lipinski definition) is 1. The van der Waals surface area contributed by atoms with Crippen LogP contribution in [0.25, 0.3) is 10.8 Å². The molecule has 0 fully saturated rings. The van der Waals surface area contributed by atoms with E-state index in [9.17, 15) is 0 Å². The van der Waals surface area contributed by atoms with Gasteiger partial charge in [-0.3, -0.25) is 0 Å². The molecule has 1 atom stereocenters. The number of rotatable bonds is 6. The van der Waals surface area contributed by atoms with Gasteiger partial charge in [-0.05, 0) is 49.3 Å². The summed E-state index contributed by atoms with van der Waals surface area (Å²) in [7, 11) is 4.30. The highest BCUT2D eigenvalue weighted by Gasteiger charge is 2.36. The Kier molecular flexibility index (Phi) is 5.02. The van der Waals surface area contributed by atoms with Crippen molar-refractivity contribution in [1.82, 2.24) is 4.90 Å². The molecule has 0 aliphatic rings. The van der Waals surface area contributed by atoms with Crippen LogP contribution >= 0.6 is 0 Å². The molecule has 0 bridgehead atoms. The topological polar surface area (TPSA) is 29.3 Å². The van der Waals surface area contributed by atoms with E-state index in [0.717, 1.165) is 19.5 Å². The highest BCUT2D eigenvalue weighted by Crippen LogP contribution is 2.39. The molecule has 2 heteroatoms. The third-order valence-electron chi connectivity index (χ3n) is 4.62. The van der Waals surface area contributed by atoms with Gasteiger partial charge in [-0.1, -0.05) is 56.3 Å². The van der Waals surface area contributed by atoms with Gasteiger partial charge in [-0.15, -0.1) is 0 Å². The predicted octanol–water partition coefficient (Wildman–Crippen LogP) is 3.64. The fraction of sp³-hybridized carbons (Fsp3) is 0.474. The number of nitrogens with zero attached hydrogens (tertiary/aromatic N) is 1. The molecule has 0 heterocycles. The normalized spacial score (nSPS) is 14.8. The van der Waals surface area contributed by atoms with Crippen LogP contribution in [0.3, 0.4) is 0 Å². The Morgan fingerprint density at radius 3 is 2.33 bits per heavy atom. The zero-order valence-electron chi connectivity index (χ0n) is 13.8. The summed E-state index contributed by atoms with van der Waals surface area (Å²) in [6, 6.07) is 15.4. The third kappa shape index (κ3) is 3.12. The Hall–Kier alpha value is -1.38. The molecule has 0 saturated heterocycles. The molecule has 0 radical (unpaired) electrons. The van der Waals surface area contributed by atoms with Crippen LogP contribution in [0.5, 0.6) is 0 Å². The fourth-order valence-electron chi connectivity index (χ4n) is 3.56. The van der Waals surface area contributed by atoms with Crippen LogP contribution in [0.1, 0.15) is 25.8 Å². The molecule has 2 aromatic carbocycles. The van der Waals surface area contributed by atoms with Crippen molar-refractivity contribution in [2.24, 2.45) is 11.7 Å². The molecule has 0 saturated carbocycles. The van der Waals surface area contributed by atoms with Gasteiger partial charge in [0.2, 0.25) is 0 Å². The molecule has 2 nitrogen and oxygen atoms in total. The van der Waals surface area contributed by atoms with E-state index in [0.29, 0.717) is 5.92 Å². The minimum absolute atomic E-state index is 0.0963. The summed E-state index contributed by atoms with van der Waals surface area (Å²) in [5.41, 5.74) is 7.53. The lowest BCUT2D eigenvalue weighted by Crippen LogP contribution is -2.43. The molecule has 0 aliphatic carbocycles. The maximum Gasteiger partial charge on any atom is 0.0121 e. The molecule has 2 rings (SSSR count). The lowest BCUT2D eigenvalue weighted by molar-refractivity contribution is 0.208. The van der Waals surface area contributed by atoms with Gasteiger partial charge >= 0.3 is 0 Å². The summed E-state index contributed by atoms with van der Waals surface area (Å²) in [5.74, 6) is 0.536. The van der Waals surface area contributed by atoms with E-state index in [1.54, 1.807) is 0 Å². The van der Waals surface area contributed by atoms with E-state index in [-0.39, 0.29) is 5.41 Å². The number of nitrogens with two attached hydrogens (primary N) is 1. The highest BCUT2D eigenvalue weighted by molar-refractivity contribution is 5.86. The van der Waals surface area contributed by atoms with Crippen LogP contribution in [0, 0.1) is 5.92 Å². The summed E-state index contributed by atoms with van der Waals surface area (Å²) in [6.07, 6.45) is 1.01. The standard InChI is InChI=1S/C19H28N2/c1-15(2)19(12-13-20,14-21(3)4)18-11-7-9-16-8-5-6-10-17(16)18/h5-11,15H,12-14,20H2,1-4H3. The zero-order chi connectivity index (χ0) is 15.5. The zero-order valence-corrected chi connectivity index (χ0v) is 13.8. The monoisotopic (exact) mass is 284 g/mol. The van der Waals surface area contributed by atoms with E-state index in [1.807, 2.05) is 0 Å². The van der Waals surface area contributed by atoms with E-state index >= 15 is 0 Å². The van der Waals surface area contributed by atoms with E-state index in [4.69, 9.17) is 5.73 Å². The van der Waals surface area contributed by atoms with Gasteiger partial charge < -0.3 is 10.6 Å². The molecule has 114 valence electrons. The second-order valence-electron chi connectivity index (χ2n) is 6.61. The number of benzene rings is 2. The van der Waals surface area contributed by atoms with Crippen molar-refractivity contribution in [1.29, 1.82) is 0 Å². The third-order valence-corrected chi connectivity index (χ3v) is 4.62. The van der Waals surface area contributed by atoms with Gasteiger partial charge in [0.05, 0.1) is 0 Å². The fourth-order valence-corrected chi connectivity index (χ4v) is 3.56. The molecule has 0 aromatic heterocycles. The van der Waals surface area contributed by atoms with Gasteiger partial charge in [0.15, 0.2) is 0 Å². The first kappa shape index (κ1) is 16.0. The molecular weight excluding hydrogens is 256 g/mol. The average Bonchev–Trinajstić information content (AvgIpc) is 2.45. The van der Waals surface area contributed by atoms with Crippen LogP contribution in [0.2, 0.25) is 0 Å². The number of likely N-dealkylation sites (N-methyl/N-ethyl adjacent to an activating group) is 1. The molecule has 0 aliphatic heterocycles. The summed E-state index contributed by atoms with van der Waals surface area (Å²) in [6.45, 7) is 6.38. The largest absolute Gasteiger partial charge is 0.330 e. The summed E-state index contributed by atoms with van der Waals surface area (Å²) in [5, 5.41) is 2.68. The Morgan fingerprint density at radius 2 is 1.71 bits per heavy atom. The van der Waals surface area contributed by atoms with Crippen LogP contribution in [-0.4, -0.2) is 32.1 Å². The van der Waals surface area contributed by atoms with Crippen molar-refractivity contribution in [2.75, 3.05) is 27.2 Å². The van der Waals surface area contributed by atoms with Crippen molar-refractivity contribution < 1.29 is 0 Å². The Morgan fingerprint density at radius 1 is 1.05 bits per heavy atom. The van der Waals surface area contributed by atoms with Crippen molar-refractivity contribution in [2.45, 2.75) is 25.7 Å². The number of fused-ring (bicyclic) bond motifs is 1. The van der Waals surface area contributed by atoms with Crippen LogP contribution in [-0.2, 0) is 5.41 Å². The average molecular weight is 284 g/mol. The second-order valence-corrected chi connectivity index (χ2v) is 6.61. The maximum atomic E-state index is 5.99. The number of hydrogen-bond acceptors (Lipinski definition) is 2. The van der Waals surface area contributed by atoms with Gasteiger partial charge in [-0.25, -0.2) is 0 Å². The van der Waals surface area contributed by atoms with Gasteiger partial charge in [-0.2, -0.15) is 0 Å². The Labute approximate surface area is 128 Å². The second kappa shape index (κ2) is 6.59. The minimum atomic E-state index is 0.0963. The van der Waals surface area contributed by atoms with Crippen molar-refractivity contribution >= 4 is 10.8 Å². The van der Waals surface area contributed by atoms with Gasteiger partial charge in [0.25, 0.3) is 0 Å².